The quantitative estimate of drug-likeness (QED) is 0.505. The molecule has 0 bridgehead atoms. The number of hydrogen-bond donors (Lipinski definition) is 1. The summed E-state index contributed by atoms with van der Waals surface area (Å²) in [5.74, 6) is -0.220. The fraction of sp³-hybridized carbons (Fsp3) is 0.250. The van der Waals surface area contributed by atoms with Gasteiger partial charge >= 0.3 is 0 Å². The molecule has 0 aromatic heterocycles. The van der Waals surface area contributed by atoms with E-state index in [1.54, 1.807) is 6.07 Å². The van der Waals surface area contributed by atoms with Crippen molar-refractivity contribution < 1.29 is 9.72 Å². The molecule has 0 atom stereocenters. The highest BCUT2D eigenvalue weighted by Gasteiger charge is 2.35. The summed E-state index contributed by atoms with van der Waals surface area (Å²) in [4.78, 5) is 26.6. The summed E-state index contributed by atoms with van der Waals surface area (Å²) >= 11 is 1.29. The fourth-order valence-electron chi connectivity index (χ4n) is 2.36. The molecule has 2 heterocycles. The van der Waals surface area contributed by atoms with Gasteiger partial charge in [-0.25, -0.2) is 0 Å². The van der Waals surface area contributed by atoms with Crippen LogP contribution in [0.1, 0.15) is 25.8 Å². The molecule has 0 fully saturated rings. The average molecular weight is 357 g/mol. The third kappa shape index (κ3) is 3.50. The second-order valence-electron chi connectivity index (χ2n) is 5.96. The van der Waals surface area contributed by atoms with Crippen molar-refractivity contribution in [2.75, 3.05) is 0 Å². The van der Waals surface area contributed by atoms with Crippen molar-refractivity contribution in [1.82, 2.24) is 5.01 Å². The summed E-state index contributed by atoms with van der Waals surface area (Å²) in [7, 11) is 0. The number of rotatable bonds is 4. The first kappa shape index (κ1) is 17.0. The number of carbonyl (C=O) groups is 1. The van der Waals surface area contributed by atoms with Crippen molar-refractivity contribution in [3.63, 3.8) is 0 Å². The molecule has 0 saturated carbocycles. The first-order chi connectivity index (χ1) is 11.8. The minimum Gasteiger partial charge on any atom is -0.282 e. The Morgan fingerprint density at radius 2 is 2.20 bits per heavy atom. The number of hydrogen-bond acceptors (Lipinski definition) is 6. The largest absolute Gasteiger partial charge is 0.283 e. The maximum absolute atomic E-state index is 12.3. The molecule has 1 aromatic carbocycles. The van der Waals surface area contributed by atoms with Gasteiger partial charge < -0.3 is 0 Å². The Hall–Kier alpha value is -2.81. The van der Waals surface area contributed by atoms with Gasteiger partial charge in [-0.1, -0.05) is 26.0 Å². The Kier molecular flexibility index (Phi) is 4.49. The van der Waals surface area contributed by atoms with Gasteiger partial charge in [0.1, 0.15) is 5.04 Å². The third-order valence-electron chi connectivity index (χ3n) is 3.47. The fourth-order valence-corrected chi connectivity index (χ4v) is 3.46. The zero-order chi connectivity index (χ0) is 18.1. The summed E-state index contributed by atoms with van der Waals surface area (Å²) in [6, 6.07) is 5.87. The van der Waals surface area contributed by atoms with E-state index in [9.17, 15) is 14.9 Å². The third-order valence-corrected chi connectivity index (χ3v) is 4.40. The van der Waals surface area contributed by atoms with E-state index < -0.39 is 10.8 Å². The van der Waals surface area contributed by atoms with Crippen molar-refractivity contribution in [3.05, 3.63) is 45.5 Å². The van der Waals surface area contributed by atoms with Crippen molar-refractivity contribution in [2.24, 2.45) is 16.0 Å². The normalized spacial score (nSPS) is 18.5. The van der Waals surface area contributed by atoms with Crippen LogP contribution in [0.25, 0.3) is 6.08 Å². The zero-order valence-corrected chi connectivity index (χ0v) is 14.4. The molecule has 0 radical (unpaired) electrons. The summed E-state index contributed by atoms with van der Waals surface area (Å²) in [5, 5.41) is 26.0. The van der Waals surface area contributed by atoms with E-state index >= 15 is 0 Å². The molecular weight excluding hydrogens is 342 g/mol. The lowest BCUT2D eigenvalue weighted by Crippen LogP contribution is -2.35. The molecule has 9 heteroatoms. The SMILES string of the molecule is CC(C)CC1=NN2C(=N)C(=Cc3cccc([N+](=O)[O-])c3)C(=O)N=C2S1. The molecule has 1 N–H and O–H groups in total. The lowest BCUT2D eigenvalue weighted by atomic mass is 10.1. The van der Waals surface area contributed by atoms with Crippen LogP contribution in [0.5, 0.6) is 0 Å². The number of nitro groups is 1. The molecular formula is C16H15N5O3S. The number of benzene rings is 1. The topological polar surface area (TPSA) is 112 Å². The predicted molar refractivity (Wildman–Crippen MR) is 97.6 cm³/mol. The van der Waals surface area contributed by atoms with Crippen LogP contribution in [0.3, 0.4) is 0 Å². The van der Waals surface area contributed by atoms with Gasteiger partial charge in [-0.15, -0.1) is 0 Å². The highest BCUT2D eigenvalue weighted by molar-refractivity contribution is 8.26. The van der Waals surface area contributed by atoms with E-state index in [0.717, 1.165) is 11.5 Å². The van der Waals surface area contributed by atoms with Crippen LogP contribution < -0.4 is 0 Å². The van der Waals surface area contributed by atoms with Crippen LogP contribution in [-0.4, -0.2) is 31.9 Å². The number of nitro benzene ring substituents is 1. The number of hydrazone groups is 1. The number of fused-ring (bicyclic) bond motifs is 1. The van der Waals surface area contributed by atoms with E-state index in [2.05, 4.69) is 23.9 Å². The summed E-state index contributed by atoms with van der Waals surface area (Å²) in [6.45, 7) is 4.12. The Morgan fingerprint density at radius 1 is 1.44 bits per heavy atom. The molecule has 0 saturated heterocycles. The lowest BCUT2D eigenvalue weighted by molar-refractivity contribution is -0.384. The number of nitrogens with zero attached hydrogens (tertiary/aromatic N) is 4. The van der Waals surface area contributed by atoms with Crippen molar-refractivity contribution >= 4 is 45.5 Å². The van der Waals surface area contributed by atoms with Gasteiger partial charge in [0.05, 0.1) is 10.5 Å². The first-order valence-electron chi connectivity index (χ1n) is 7.58. The molecule has 0 aliphatic carbocycles. The number of amides is 1. The maximum atomic E-state index is 12.3. The van der Waals surface area contributed by atoms with Crippen LogP contribution in [0.4, 0.5) is 5.69 Å². The molecule has 3 rings (SSSR count). The zero-order valence-electron chi connectivity index (χ0n) is 13.6. The van der Waals surface area contributed by atoms with Gasteiger partial charge in [-0.3, -0.25) is 20.3 Å². The average Bonchev–Trinajstić information content (AvgIpc) is 2.93. The number of aliphatic imine (C=N–C) groups is 1. The number of carbonyl (C=O) groups excluding carboxylic acids is 1. The highest BCUT2D eigenvalue weighted by atomic mass is 32.2. The maximum Gasteiger partial charge on any atom is 0.283 e. The smallest absolute Gasteiger partial charge is 0.282 e. The summed E-state index contributed by atoms with van der Waals surface area (Å²) in [5.41, 5.74) is 0.431. The number of nitrogens with one attached hydrogen (secondary N) is 1. The van der Waals surface area contributed by atoms with Crippen molar-refractivity contribution in [3.8, 4) is 0 Å². The molecule has 0 spiro atoms. The lowest BCUT2D eigenvalue weighted by Gasteiger charge is -2.20. The second kappa shape index (κ2) is 6.60. The number of non-ortho nitro benzene ring substituents is 1. The van der Waals surface area contributed by atoms with E-state index in [0.29, 0.717) is 16.6 Å². The second-order valence-corrected chi connectivity index (χ2v) is 7.00. The van der Waals surface area contributed by atoms with E-state index in [1.165, 1.54) is 41.0 Å². The summed E-state index contributed by atoms with van der Waals surface area (Å²) in [6.07, 6.45) is 2.17. The molecule has 1 amide bonds. The van der Waals surface area contributed by atoms with E-state index in [4.69, 9.17) is 5.41 Å². The van der Waals surface area contributed by atoms with Gasteiger partial charge in [0.2, 0.25) is 5.17 Å². The van der Waals surface area contributed by atoms with Crippen molar-refractivity contribution in [2.45, 2.75) is 20.3 Å². The molecule has 2 aliphatic heterocycles. The molecule has 25 heavy (non-hydrogen) atoms. The first-order valence-corrected chi connectivity index (χ1v) is 8.40. The Bertz CT molecular complexity index is 872. The minimum atomic E-state index is -0.545. The van der Waals surface area contributed by atoms with Crippen molar-refractivity contribution in [1.29, 1.82) is 5.41 Å². The summed E-state index contributed by atoms with van der Waals surface area (Å²) < 4.78 is 0. The van der Waals surface area contributed by atoms with E-state index in [-0.39, 0.29) is 17.1 Å². The Labute approximate surface area is 148 Å². The Morgan fingerprint density at radius 3 is 2.88 bits per heavy atom. The highest BCUT2D eigenvalue weighted by Crippen LogP contribution is 2.30. The van der Waals surface area contributed by atoms with Gasteiger partial charge in [0.25, 0.3) is 11.6 Å². The molecule has 1 aromatic rings. The minimum absolute atomic E-state index is 0.0550. The van der Waals surface area contributed by atoms with Crippen LogP contribution >= 0.6 is 11.8 Å². The van der Waals surface area contributed by atoms with Gasteiger partial charge in [0.15, 0.2) is 5.84 Å². The molecule has 8 nitrogen and oxygen atoms in total. The van der Waals surface area contributed by atoms with Crippen LogP contribution in [0.2, 0.25) is 0 Å². The van der Waals surface area contributed by atoms with Crippen LogP contribution in [-0.2, 0) is 4.79 Å². The van der Waals surface area contributed by atoms with Crippen LogP contribution in [0, 0.1) is 21.4 Å². The molecule has 2 aliphatic rings. The monoisotopic (exact) mass is 357 g/mol. The predicted octanol–water partition coefficient (Wildman–Crippen LogP) is 3.26. The molecule has 128 valence electrons. The van der Waals surface area contributed by atoms with E-state index in [1.807, 2.05) is 0 Å². The molecule has 0 unspecified atom stereocenters. The number of amidine groups is 2. The van der Waals surface area contributed by atoms with Crippen LogP contribution in [0.15, 0.2) is 39.9 Å². The van der Waals surface area contributed by atoms with Gasteiger partial charge in [0, 0.05) is 18.6 Å². The Balaban J connectivity index is 1.93. The van der Waals surface area contributed by atoms with Gasteiger partial charge in [-0.05, 0) is 29.3 Å². The number of thioether (sulfide) groups is 1. The standard InChI is InChI=1S/C16H15N5O3S/c1-9(2)6-13-19-20-14(17)12(15(22)18-16(20)25-13)8-10-4-3-5-11(7-10)21(23)24/h3-5,7-9,17H,6H2,1-2H3. The van der Waals surface area contributed by atoms with Gasteiger partial charge in [-0.2, -0.15) is 15.1 Å².